The molecule has 0 bridgehead atoms. The molecule has 3 nitrogen and oxygen atoms in total. The standard InChI is InChI=1S/C15H15FN2O/c16-14-7-2-1-5-13(14)10-18-15(19)12-6-3-4-11(8-12)9-17/h1-8H,9-10,17H2,(H,18,19). The second-order valence-corrected chi connectivity index (χ2v) is 4.18. The predicted molar refractivity (Wildman–Crippen MR) is 71.9 cm³/mol. The van der Waals surface area contributed by atoms with Crippen LogP contribution < -0.4 is 11.1 Å². The van der Waals surface area contributed by atoms with Gasteiger partial charge < -0.3 is 11.1 Å². The van der Waals surface area contributed by atoms with Crippen molar-refractivity contribution >= 4 is 5.91 Å². The van der Waals surface area contributed by atoms with Crippen LogP contribution in [0.1, 0.15) is 21.5 Å². The third-order valence-corrected chi connectivity index (χ3v) is 2.82. The molecular formula is C15H15FN2O. The number of rotatable bonds is 4. The first-order valence-electron chi connectivity index (χ1n) is 6.01. The third-order valence-electron chi connectivity index (χ3n) is 2.82. The van der Waals surface area contributed by atoms with Crippen LogP contribution in [0.2, 0.25) is 0 Å². The molecule has 0 unspecified atom stereocenters. The number of nitrogens with one attached hydrogen (secondary N) is 1. The summed E-state index contributed by atoms with van der Waals surface area (Å²) in [6.45, 7) is 0.548. The molecular weight excluding hydrogens is 243 g/mol. The number of carbonyl (C=O) groups excluding carboxylic acids is 1. The van der Waals surface area contributed by atoms with Crippen LogP contribution in [-0.2, 0) is 13.1 Å². The fourth-order valence-corrected chi connectivity index (χ4v) is 1.76. The fraction of sp³-hybridized carbons (Fsp3) is 0.133. The van der Waals surface area contributed by atoms with E-state index in [2.05, 4.69) is 5.32 Å². The van der Waals surface area contributed by atoms with Crippen molar-refractivity contribution in [2.45, 2.75) is 13.1 Å². The number of hydrogen-bond acceptors (Lipinski definition) is 2. The molecule has 3 N–H and O–H groups in total. The lowest BCUT2D eigenvalue weighted by molar-refractivity contribution is 0.0950. The molecule has 0 aromatic heterocycles. The van der Waals surface area contributed by atoms with Gasteiger partial charge in [-0.15, -0.1) is 0 Å². The molecule has 4 heteroatoms. The van der Waals surface area contributed by atoms with Gasteiger partial charge in [0.05, 0.1) is 0 Å². The molecule has 0 atom stereocenters. The maximum atomic E-state index is 13.4. The van der Waals surface area contributed by atoms with Gasteiger partial charge in [-0.25, -0.2) is 4.39 Å². The van der Waals surface area contributed by atoms with Crippen LogP contribution in [0.5, 0.6) is 0 Å². The lowest BCUT2D eigenvalue weighted by Crippen LogP contribution is -2.23. The van der Waals surface area contributed by atoms with Gasteiger partial charge in [-0.3, -0.25) is 4.79 Å². The zero-order valence-electron chi connectivity index (χ0n) is 10.4. The summed E-state index contributed by atoms with van der Waals surface area (Å²) < 4.78 is 13.4. The maximum absolute atomic E-state index is 13.4. The minimum absolute atomic E-state index is 0.165. The smallest absolute Gasteiger partial charge is 0.251 e. The van der Waals surface area contributed by atoms with Gasteiger partial charge in [0.1, 0.15) is 5.82 Å². The molecule has 0 saturated heterocycles. The minimum atomic E-state index is -0.321. The summed E-state index contributed by atoms with van der Waals surface area (Å²) in [5.41, 5.74) is 7.40. The van der Waals surface area contributed by atoms with Crippen molar-refractivity contribution in [3.8, 4) is 0 Å². The van der Waals surface area contributed by atoms with Crippen LogP contribution in [0, 0.1) is 5.82 Å². The predicted octanol–water partition coefficient (Wildman–Crippen LogP) is 2.21. The molecule has 0 heterocycles. The molecule has 2 rings (SSSR count). The largest absolute Gasteiger partial charge is 0.348 e. The number of carbonyl (C=O) groups is 1. The summed E-state index contributed by atoms with van der Waals surface area (Å²) in [5.74, 6) is -0.558. The molecule has 1 amide bonds. The van der Waals surface area contributed by atoms with E-state index in [0.717, 1.165) is 5.56 Å². The summed E-state index contributed by atoms with van der Waals surface area (Å²) in [6.07, 6.45) is 0. The van der Waals surface area contributed by atoms with E-state index >= 15 is 0 Å². The summed E-state index contributed by atoms with van der Waals surface area (Å²) in [7, 11) is 0. The van der Waals surface area contributed by atoms with Gasteiger partial charge >= 0.3 is 0 Å². The van der Waals surface area contributed by atoms with Crippen LogP contribution >= 0.6 is 0 Å². The van der Waals surface area contributed by atoms with Gasteiger partial charge in [0.15, 0.2) is 0 Å². The zero-order valence-corrected chi connectivity index (χ0v) is 10.4. The van der Waals surface area contributed by atoms with E-state index in [0.29, 0.717) is 17.7 Å². The Morgan fingerprint density at radius 1 is 1.16 bits per heavy atom. The first kappa shape index (κ1) is 13.2. The highest BCUT2D eigenvalue weighted by Crippen LogP contribution is 2.08. The highest BCUT2D eigenvalue weighted by molar-refractivity contribution is 5.94. The molecule has 0 fully saturated rings. The summed E-state index contributed by atoms with van der Waals surface area (Å²) >= 11 is 0. The Kier molecular flexibility index (Phi) is 4.26. The van der Waals surface area contributed by atoms with E-state index < -0.39 is 0 Å². The minimum Gasteiger partial charge on any atom is -0.348 e. The molecule has 0 radical (unpaired) electrons. The van der Waals surface area contributed by atoms with E-state index in [9.17, 15) is 9.18 Å². The zero-order chi connectivity index (χ0) is 13.7. The molecule has 19 heavy (non-hydrogen) atoms. The molecule has 0 aliphatic rings. The van der Waals surface area contributed by atoms with Crippen LogP contribution in [-0.4, -0.2) is 5.91 Å². The van der Waals surface area contributed by atoms with Crippen LogP contribution in [0.3, 0.4) is 0 Å². The summed E-state index contributed by atoms with van der Waals surface area (Å²) in [4.78, 5) is 11.9. The SMILES string of the molecule is NCc1cccc(C(=O)NCc2ccccc2F)c1. The van der Waals surface area contributed by atoms with Crippen molar-refractivity contribution in [2.75, 3.05) is 0 Å². The Bertz CT molecular complexity index is 584. The molecule has 98 valence electrons. The Morgan fingerprint density at radius 3 is 2.68 bits per heavy atom. The monoisotopic (exact) mass is 258 g/mol. The van der Waals surface area contributed by atoms with Crippen molar-refractivity contribution in [2.24, 2.45) is 5.73 Å². The average molecular weight is 258 g/mol. The van der Waals surface area contributed by atoms with Crippen molar-refractivity contribution in [1.82, 2.24) is 5.32 Å². The summed E-state index contributed by atoms with van der Waals surface area (Å²) in [6, 6.07) is 13.4. The van der Waals surface area contributed by atoms with E-state index in [1.165, 1.54) is 6.07 Å². The maximum Gasteiger partial charge on any atom is 0.251 e. The Labute approximate surface area is 111 Å². The van der Waals surface area contributed by atoms with Crippen molar-refractivity contribution in [3.63, 3.8) is 0 Å². The molecule has 0 aliphatic heterocycles. The number of hydrogen-bond donors (Lipinski definition) is 2. The fourth-order valence-electron chi connectivity index (χ4n) is 1.76. The number of amides is 1. The molecule has 2 aromatic rings. The van der Waals surface area contributed by atoms with Gasteiger partial charge in [-0.1, -0.05) is 30.3 Å². The van der Waals surface area contributed by atoms with Crippen LogP contribution in [0.25, 0.3) is 0 Å². The second kappa shape index (κ2) is 6.11. The first-order valence-corrected chi connectivity index (χ1v) is 6.01. The van der Waals surface area contributed by atoms with E-state index in [4.69, 9.17) is 5.73 Å². The van der Waals surface area contributed by atoms with Gasteiger partial charge in [-0.05, 0) is 23.8 Å². The quantitative estimate of drug-likeness (QED) is 0.883. The van der Waals surface area contributed by atoms with Crippen molar-refractivity contribution < 1.29 is 9.18 Å². The van der Waals surface area contributed by atoms with Crippen LogP contribution in [0.15, 0.2) is 48.5 Å². The Hall–Kier alpha value is -2.20. The lowest BCUT2D eigenvalue weighted by Gasteiger charge is -2.07. The number of halogens is 1. The topological polar surface area (TPSA) is 55.1 Å². The second-order valence-electron chi connectivity index (χ2n) is 4.18. The highest BCUT2D eigenvalue weighted by atomic mass is 19.1. The van der Waals surface area contributed by atoms with Crippen molar-refractivity contribution in [3.05, 3.63) is 71.0 Å². The summed E-state index contributed by atoms with van der Waals surface area (Å²) in [5, 5.41) is 2.69. The molecule has 0 aliphatic carbocycles. The number of benzene rings is 2. The van der Waals surface area contributed by atoms with Gasteiger partial charge in [0.2, 0.25) is 0 Å². The number of nitrogens with two attached hydrogens (primary N) is 1. The van der Waals surface area contributed by atoms with E-state index in [1.807, 2.05) is 6.07 Å². The molecule has 0 saturated carbocycles. The van der Waals surface area contributed by atoms with Crippen LogP contribution in [0.4, 0.5) is 4.39 Å². The molecule has 2 aromatic carbocycles. The first-order chi connectivity index (χ1) is 9.20. The van der Waals surface area contributed by atoms with Gasteiger partial charge in [-0.2, -0.15) is 0 Å². The Balaban J connectivity index is 2.03. The average Bonchev–Trinajstić information content (AvgIpc) is 2.46. The van der Waals surface area contributed by atoms with E-state index in [1.54, 1.807) is 36.4 Å². The normalized spacial score (nSPS) is 10.2. The van der Waals surface area contributed by atoms with Gasteiger partial charge in [0.25, 0.3) is 5.91 Å². The van der Waals surface area contributed by atoms with E-state index in [-0.39, 0.29) is 18.3 Å². The van der Waals surface area contributed by atoms with Gasteiger partial charge in [0, 0.05) is 24.2 Å². The lowest BCUT2D eigenvalue weighted by atomic mass is 10.1. The highest BCUT2D eigenvalue weighted by Gasteiger charge is 2.07. The Morgan fingerprint density at radius 2 is 1.95 bits per heavy atom. The third kappa shape index (κ3) is 3.39. The van der Waals surface area contributed by atoms with Crippen molar-refractivity contribution in [1.29, 1.82) is 0 Å². The molecule has 0 spiro atoms.